The number of amides is 1. The molecule has 0 atom stereocenters. The monoisotopic (exact) mass is 345 g/mol. The second-order valence-electron chi connectivity index (χ2n) is 6.77. The molecule has 3 aromatic rings. The summed E-state index contributed by atoms with van der Waals surface area (Å²) in [5, 5.41) is 2.87. The topological polar surface area (TPSA) is 68.0 Å². The highest BCUT2D eigenvalue weighted by Gasteiger charge is 2.11. The zero-order valence-electron chi connectivity index (χ0n) is 15.1. The highest BCUT2D eigenvalue weighted by molar-refractivity contribution is 6.04. The van der Waals surface area contributed by atoms with Crippen LogP contribution in [0.2, 0.25) is 0 Å². The molecule has 0 aliphatic heterocycles. The molecule has 132 valence electrons. The van der Waals surface area contributed by atoms with Crippen molar-refractivity contribution < 1.29 is 4.79 Å². The number of anilines is 2. The van der Waals surface area contributed by atoms with E-state index in [0.717, 1.165) is 23.1 Å². The quantitative estimate of drug-likeness (QED) is 0.654. The third kappa shape index (κ3) is 4.28. The van der Waals surface area contributed by atoms with Crippen LogP contribution in [0.1, 0.15) is 29.9 Å². The average molecular weight is 345 g/mol. The molecule has 0 bridgehead atoms. The second kappa shape index (κ2) is 7.83. The summed E-state index contributed by atoms with van der Waals surface area (Å²) in [4.78, 5) is 16.8. The molecule has 4 heteroatoms. The number of carbonyl (C=O) groups is 1. The lowest BCUT2D eigenvalue weighted by Gasteiger charge is -2.11. The number of pyridine rings is 1. The van der Waals surface area contributed by atoms with Crippen LogP contribution in [0.3, 0.4) is 0 Å². The Kier molecular flexibility index (Phi) is 5.32. The predicted octanol–water partition coefficient (Wildman–Crippen LogP) is 4.78. The minimum absolute atomic E-state index is 0.266. The molecule has 0 radical (unpaired) electrons. The summed E-state index contributed by atoms with van der Waals surface area (Å²) < 4.78 is 0. The normalized spacial score (nSPS) is 10.7. The van der Waals surface area contributed by atoms with Crippen LogP contribution in [-0.2, 0) is 6.42 Å². The number of benzene rings is 2. The first-order chi connectivity index (χ1) is 12.5. The number of nitrogens with zero attached hydrogens (tertiary/aromatic N) is 1. The molecule has 0 saturated heterocycles. The van der Waals surface area contributed by atoms with Crippen LogP contribution in [0, 0.1) is 5.92 Å². The van der Waals surface area contributed by atoms with Crippen molar-refractivity contribution in [3.63, 3.8) is 0 Å². The van der Waals surface area contributed by atoms with Crippen LogP contribution in [0.25, 0.3) is 11.1 Å². The van der Waals surface area contributed by atoms with E-state index >= 15 is 0 Å². The molecule has 0 saturated carbocycles. The molecule has 3 rings (SSSR count). The van der Waals surface area contributed by atoms with Gasteiger partial charge in [-0.1, -0.05) is 56.3 Å². The fraction of sp³-hybridized carbons (Fsp3) is 0.182. The number of nitrogen functional groups attached to an aromatic ring is 1. The highest BCUT2D eigenvalue weighted by Crippen LogP contribution is 2.27. The predicted molar refractivity (Wildman–Crippen MR) is 107 cm³/mol. The van der Waals surface area contributed by atoms with E-state index in [1.54, 1.807) is 18.3 Å². The first-order valence-corrected chi connectivity index (χ1v) is 8.74. The molecule has 1 heterocycles. The summed E-state index contributed by atoms with van der Waals surface area (Å²) >= 11 is 0. The molecule has 0 spiro atoms. The first kappa shape index (κ1) is 17.7. The fourth-order valence-electron chi connectivity index (χ4n) is 2.81. The molecule has 2 aromatic carbocycles. The van der Waals surface area contributed by atoms with Crippen LogP contribution < -0.4 is 11.1 Å². The van der Waals surface area contributed by atoms with Crippen molar-refractivity contribution in [2.45, 2.75) is 20.3 Å². The Balaban J connectivity index is 1.78. The van der Waals surface area contributed by atoms with Gasteiger partial charge in [0, 0.05) is 6.20 Å². The van der Waals surface area contributed by atoms with Gasteiger partial charge < -0.3 is 11.1 Å². The molecule has 0 aliphatic rings. The van der Waals surface area contributed by atoms with Crippen LogP contribution in [0.4, 0.5) is 11.4 Å². The zero-order chi connectivity index (χ0) is 18.5. The highest BCUT2D eigenvalue weighted by atomic mass is 16.1. The summed E-state index contributed by atoms with van der Waals surface area (Å²) in [6, 6.07) is 19.3. The van der Waals surface area contributed by atoms with Gasteiger partial charge in [0.1, 0.15) is 5.69 Å². The molecular weight excluding hydrogens is 322 g/mol. The smallest absolute Gasteiger partial charge is 0.274 e. The molecule has 1 aromatic heterocycles. The summed E-state index contributed by atoms with van der Waals surface area (Å²) in [5.41, 5.74) is 10.7. The number of hydrogen-bond acceptors (Lipinski definition) is 3. The molecule has 26 heavy (non-hydrogen) atoms. The van der Waals surface area contributed by atoms with Gasteiger partial charge in [-0.3, -0.25) is 9.78 Å². The largest absolute Gasteiger partial charge is 0.397 e. The molecule has 0 fully saturated rings. The molecule has 0 unspecified atom stereocenters. The van der Waals surface area contributed by atoms with Gasteiger partial charge in [0.25, 0.3) is 5.91 Å². The maximum Gasteiger partial charge on any atom is 0.274 e. The van der Waals surface area contributed by atoms with Crippen molar-refractivity contribution in [1.82, 2.24) is 4.98 Å². The number of rotatable bonds is 5. The summed E-state index contributed by atoms with van der Waals surface area (Å²) in [7, 11) is 0. The summed E-state index contributed by atoms with van der Waals surface area (Å²) in [6.07, 6.45) is 2.71. The number of nitrogens with two attached hydrogens (primary N) is 1. The van der Waals surface area contributed by atoms with Gasteiger partial charge in [-0.05, 0) is 47.2 Å². The van der Waals surface area contributed by atoms with Crippen LogP contribution in [0.5, 0.6) is 0 Å². The Labute approximate surface area is 154 Å². The van der Waals surface area contributed by atoms with Crippen molar-refractivity contribution in [2.75, 3.05) is 11.1 Å². The van der Waals surface area contributed by atoms with Gasteiger partial charge in [-0.2, -0.15) is 0 Å². The van der Waals surface area contributed by atoms with Crippen LogP contribution >= 0.6 is 0 Å². The third-order valence-corrected chi connectivity index (χ3v) is 4.11. The average Bonchev–Trinajstić information content (AvgIpc) is 2.64. The number of carbonyl (C=O) groups excluding carboxylic acids is 1. The van der Waals surface area contributed by atoms with Gasteiger partial charge in [0.2, 0.25) is 0 Å². The summed E-state index contributed by atoms with van der Waals surface area (Å²) in [6.45, 7) is 4.31. The van der Waals surface area contributed by atoms with Crippen molar-refractivity contribution in [3.05, 3.63) is 78.1 Å². The molecule has 3 N–H and O–H groups in total. The maximum atomic E-state index is 12.5. The number of aromatic nitrogens is 1. The van der Waals surface area contributed by atoms with Crippen molar-refractivity contribution >= 4 is 17.3 Å². The maximum absolute atomic E-state index is 12.5. The van der Waals surface area contributed by atoms with Gasteiger partial charge in [0.15, 0.2) is 0 Å². The van der Waals surface area contributed by atoms with E-state index in [4.69, 9.17) is 5.73 Å². The van der Waals surface area contributed by atoms with Gasteiger partial charge in [-0.15, -0.1) is 0 Å². The van der Waals surface area contributed by atoms with Crippen molar-refractivity contribution in [1.29, 1.82) is 0 Å². The number of hydrogen-bond donors (Lipinski definition) is 2. The zero-order valence-corrected chi connectivity index (χ0v) is 15.1. The van der Waals surface area contributed by atoms with Crippen molar-refractivity contribution in [3.8, 4) is 11.1 Å². The van der Waals surface area contributed by atoms with Gasteiger partial charge >= 0.3 is 0 Å². The first-order valence-electron chi connectivity index (χ1n) is 8.74. The van der Waals surface area contributed by atoms with Crippen molar-refractivity contribution in [2.24, 2.45) is 5.92 Å². The van der Waals surface area contributed by atoms with E-state index in [-0.39, 0.29) is 5.91 Å². The molecule has 0 aliphatic carbocycles. The van der Waals surface area contributed by atoms with E-state index in [2.05, 4.69) is 24.1 Å². The van der Waals surface area contributed by atoms with E-state index in [1.807, 2.05) is 48.5 Å². The van der Waals surface area contributed by atoms with E-state index in [0.29, 0.717) is 23.0 Å². The third-order valence-electron chi connectivity index (χ3n) is 4.11. The van der Waals surface area contributed by atoms with Gasteiger partial charge in [0.05, 0.1) is 11.4 Å². The lowest BCUT2D eigenvalue weighted by atomic mass is 10.0. The lowest BCUT2D eigenvalue weighted by molar-refractivity contribution is 0.102. The molecule has 1 amide bonds. The Morgan fingerprint density at radius 3 is 2.46 bits per heavy atom. The minimum Gasteiger partial charge on any atom is -0.397 e. The lowest BCUT2D eigenvalue weighted by Crippen LogP contribution is -2.15. The van der Waals surface area contributed by atoms with E-state index < -0.39 is 0 Å². The Hall–Kier alpha value is -3.14. The number of nitrogens with one attached hydrogen (secondary N) is 1. The summed E-state index contributed by atoms with van der Waals surface area (Å²) in [5.74, 6) is 0.287. The Bertz CT molecular complexity index is 887. The van der Waals surface area contributed by atoms with Gasteiger partial charge in [-0.25, -0.2) is 0 Å². The minimum atomic E-state index is -0.266. The Morgan fingerprint density at radius 2 is 1.81 bits per heavy atom. The SMILES string of the molecule is CC(C)Cc1ccc(C(=O)Nc2cc(-c3ccccc3)ccc2N)nc1. The van der Waals surface area contributed by atoms with E-state index in [9.17, 15) is 4.79 Å². The second-order valence-corrected chi connectivity index (χ2v) is 6.77. The van der Waals surface area contributed by atoms with Crippen LogP contribution in [0.15, 0.2) is 66.9 Å². The Morgan fingerprint density at radius 1 is 1.04 bits per heavy atom. The van der Waals surface area contributed by atoms with Crippen LogP contribution in [-0.4, -0.2) is 10.9 Å². The van der Waals surface area contributed by atoms with E-state index in [1.165, 1.54) is 0 Å². The molecular formula is C22H23N3O. The molecule has 4 nitrogen and oxygen atoms in total. The standard InChI is InChI=1S/C22H23N3O/c1-15(2)12-16-8-11-20(24-14-16)22(26)25-21-13-18(9-10-19(21)23)17-6-4-3-5-7-17/h3-11,13-15H,12,23H2,1-2H3,(H,25,26). The fourth-order valence-corrected chi connectivity index (χ4v) is 2.81.